The van der Waals surface area contributed by atoms with E-state index in [9.17, 15) is 4.79 Å². The lowest BCUT2D eigenvalue weighted by atomic mass is 10.1. The molecule has 9 heteroatoms. The molecule has 1 aliphatic rings. The maximum atomic E-state index is 12.7. The third kappa shape index (κ3) is 5.48. The average Bonchev–Trinajstić information content (AvgIpc) is 2.81. The van der Waals surface area contributed by atoms with Gasteiger partial charge in [-0.15, -0.1) is 12.4 Å². The first-order valence-electron chi connectivity index (χ1n) is 10.7. The van der Waals surface area contributed by atoms with Gasteiger partial charge in [0.05, 0.1) is 43.0 Å². The fraction of sp³-hybridized carbons (Fsp3) is 0.478. The molecule has 2 heterocycles. The van der Waals surface area contributed by atoms with E-state index in [1.165, 1.54) is 0 Å². The van der Waals surface area contributed by atoms with Gasteiger partial charge >= 0.3 is 0 Å². The van der Waals surface area contributed by atoms with E-state index >= 15 is 0 Å². The molecule has 0 radical (unpaired) electrons. The van der Waals surface area contributed by atoms with Gasteiger partial charge < -0.3 is 29.5 Å². The Morgan fingerprint density at radius 1 is 1.06 bits per heavy atom. The van der Waals surface area contributed by atoms with Gasteiger partial charge in [-0.05, 0) is 18.6 Å². The van der Waals surface area contributed by atoms with Crippen molar-refractivity contribution in [2.45, 2.75) is 13.3 Å². The van der Waals surface area contributed by atoms with Crippen molar-refractivity contribution in [3.05, 3.63) is 36.2 Å². The highest BCUT2D eigenvalue weighted by Gasteiger charge is 2.25. The van der Waals surface area contributed by atoms with Gasteiger partial charge in [0.25, 0.3) is 5.91 Å². The van der Waals surface area contributed by atoms with Crippen LogP contribution in [0.25, 0.3) is 0 Å². The number of hydrogen-bond donors (Lipinski definition) is 1. The van der Waals surface area contributed by atoms with E-state index in [2.05, 4.69) is 27.0 Å². The van der Waals surface area contributed by atoms with Crippen molar-refractivity contribution in [1.82, 2.24) is 9.88 Å². The molecule has 3 rings (SSSR count). The molecule has 0 saturated carbocycles. The molecule has 2 aromatic rings. The number of hydrogen-bond acceptors (Lipinski definition) is 7. The molecule has 1 amide bonds. The summed E-state index contributed by atoms with van der Waals surface area (Å²) in [6.07, 6.45) is 4.48. The van der Waals surface area contributed by atoms with Crippen LogP contribution in [0.2, 0.25) is 0 Å². The molecule has 1 aromatic heterocycles. The Kier molecular flexibility index (Phi) is 9.26. The molecule has 1 fully saturated rings. The topological polar surface area (TPSA) is 70.2 Å². The highest BCUT2D eigenvalue weighted by molar-refractivity contribution is 6.02. The molecule has 1 aromatic carbocycles. The van der Waals surface area contributed by atoms with Crippen molar-refractivity contribution in [3.8, 4) is 11.5 Å². The van der Waals surface area contributed by atoms with Gasteiger partial charge in [-0.25, -0.2) is 0 Å². The summed E-state index contributed by atoms with van der Waals surface area (Å²) in [6.45, 7) is 6.22. The van der Waals surface area contributed by atoms with Crippen molar-refractivity contribution >= 4 is 35.4 Å². The van der Waals surface area contributed by atoms with Crippen LogP contribution in [0.15, 0.2) is 30.6 Å². The van der Waals surface area contributed by atoms with Crippen molar-refractivity contribution in [2.24, 2.45) is 0 Å². The quantitative estimate of drug-likeness (QED) is 0.643. The minimum atomic E-state index is -0.0467. The van der Waals surface area contributed by atoms with Crippen LogP contribution in [0, 0.1) is 0 Å². The molecule has 0 bridgehead atoms. The Labute approximate surface area is 196 Å². The van der Waals surface area contributed by atoms with Gasteiger partial charge in [0.1, 0.15) is 11.5 Å². The van der Waals surface area contributed by atoms with Crippen LogP contribution < -0.4 is 24.6 Å². The van der Waals surface area contributed by atoms with Gasteiger partial charge in [0.15, 0.2) is 0 Å². The fourth-order valence-corrected chi connectivity index (χ4v) is 3.76. The minimum absolute atomic E-state index is 0. The summed E-state index contributed by atoms with van der Waals surface area (Å²) >= 11 is 0. The molecule has 0 unspecified atom stereocenters. The lowest BCUT2D eigenvalue weighted by Crippen LogP contribution is -2.47. The van der Waals surface area contributed by atoms with Gasteiger partial charge in [0, 0.05) is 59.1 Å². The van der Waals surface area contributed by atoms with Crippen LogP contribution in [-0.4, -0.2) is 76.8 Å². The number of ether oxygens (including phenoxy) is 2. The molecular formula is C23H34ClN5O3. The normalized spacial score (nSPS) is 13.3. The number of piperazine rings is 1. The third-order valence-corrected chi connectivity index (χ3v) is 5.46. The number of carbonyl (C=O) groups excluding carboxylic acids is 1. The summed E-state index contributed by atoms with van der Waals surface area (Å²) in [7, 11) is 6.86. The smallest absolute Gasteiger partial charge is 0.257 e. The van der Waals surface area contributed by atoms with Crippen LogP contribution in [0.4, 0.5) is 17.1 Å². The van der Waals surface area contributed by atoms with Crippen molar-refractivity contribution in [2.75, 3.05) is 76.2 Å². The molecular weight excluding hydrogens is 430 g/mol. The molecule has 0 atom stereocenters. The second kappa shape index (κ2) is 11.7. The molecule has 0 aliphatic carbocycles. The summed E-state index contributed by atoms with van der Waals surface area (Å²) in [6, 6.07) is 5.91. The standard InChI is InChI=1S/C23H33N5O3.ClH/c1-6-9-25-22-18(23(29)26(2)3)15-24-16-20(22)28-12-10-27(11-13-28)19-8-7-17(30-4)14-21(19)31-5;/h7-8,14-16H,6,9-13H2,1-5H3,(H,24,25);1H. The molecule has 1 aliphatic heterocycles. The minimum Gasteiger partial charge on any atom is -0.497 e. The van der Waals surface area contributed by atoms with E-state index in [1.807, 2.05) is 24.4 Å². The number of nitrogens with one attached hydrogen (secondary N) is 1. The summed E-state index contributed by atoms with van der Waals surface area (Å²) in [4.78, 5) is 23.3. The maximum Gasteiger partial charge on any atom is 0.257 e. The van der Waals surface area contributed by atoms with E-state index in [4.69, 9.17) is 9.47 Å². The van der Waals surface area contributed by atoms with Gasteiger partial charge in [-0.2, -0.15) is 0 Å². The van der Waals surface area contributed by atoms with Crippen molar-refractivity contribution in [1.29, 1.82) is 0 Å². The predicted molar refractivity (Wildman–Crippen MR) is 132 cm³/mol. The summed E-state index contributed by atoms with van der Waals surface area (Å²) in [5.41, 5.74) is 3.51. The molecule has 1 saturated heterocycles. The number of aromatic nitrogens is 1. The lowest BCUT2D eigenvalue weighted by molar-refractivity contribution is 0.0828. The first-order chi connectivity index (χ1) is 15.0. The van der Waals surface area contributed by atoms with Crippen LogP contribution in [0.1, 0.15) is 23.7 Å². The van der Waals surface area contributed by atoms with E-state index in [-0.39, 0.29) is 18.3 Å². The first-order valence-corrected chi connectivity index (χ1v) is 10.7. The SMILES string of the molecule is CCCNc1c(C(=O)N(C)C)cncc1N1CCN(c2ccc(OC)cc2OC)CC1.Cl. The second-order valence-electron chi connectivity index (χ2n) is 7.72. The highest BCUT2D eigenvalue weighted by Crippen LogP contribution is 2.35. The third-order valence-electron chi connectivity index (χ3n) is 5.46. The zero-order valence-corrected chi connectivity index (χ0v) is 20.4. The van der Waals surface area contributed by atoms with E-state index in [0.29, 0.717) is 5.56 Å². The van der Waals surface area contributed by atoms with Crippen LogP contribution in [0.5, 0.6) is 11.5 Å². The molecule has 32 heavy (non-hydrogen) atoms. The predicted octanol–water partition coefficient (Wildman–Crippen LogP) is 3.37. The number of anilines is 3. The number of amides is 1. The monoisotopic (exact) mass is 463 g/mol. The van der Waals surface area contributed by atoms with Crippen LogP contribution >= 0.6 is 12.4 Å². The second-order valence-corrected chi connectivity index (χ2v) is 7.72. The zero-order valence-electron chi connectivity index (χ0n) is 19.6. The Bertz CT molecular complexity index is 901. The van der Waals surface area contributed by atoms with Gasteiger partial charge in [0.2, 0.25) is 0 Å². The Morgan fingerprint density at radius 3 is 2.28 bits per heavy atom. The average molecular weight is 464 g/mol. The van der Waals surface area contributed by atoms with Gasteiger partial charge in [-0.3, -0.25) is 9.78 Å². The largest absolute Gasteiger partial charge is 0.497 e. The number of nitrogens with zero attached hydrogens (tertiary/aromatic N) is 4. The van der Waals surface area contributed by atoms with Crippen molar-refractivity contribution < 1.29 is 14.3 Å². The number of methoxy groups -OCH3 is 2. The fourth-order valence-electron chi connectivity index (χ4n) is 3.76. The Balaban J connectivity index is 0.00000363. The van der Waals surface area contributed by atoms with Crippen molar-refractivity contribution in [3.63, 3.8) is 0 Å². The van der Waals surface area contributed by atoms with Crippen LogP contribution in [-0.2, 0) is 0 Å². The summed E-state index contributed by atoms with van der Waals surface area (Å²) < 4.78 is 10.9. The summed E-state index contributed by atoms with van der Waals surface area (Å²) in [5, 5.41) is 3.46. The number of rotatable bonds is 8. The van der Waals surface area contributed by atoms with E-state index in [0.717, 1.165) is 67.7 Å². The maximum absolute atomic E-state index is 12.7. The first kappa shape index (κ1) is 25.4. The zero-order chi connectivity index (χ0) is 22.4. The molecule has 1 N–H and O–H groups in total. The Hall–Kier alpha value is -2.87. The highest BCUT2D eigenvalue weighted by atomic mass is 35.5. The van der Waals surface area contributed by atoms with E-state index < -0.39 is 0 Å². The molecule has 8 nitrogen and oxygen atoms in total. The summed E-state index contributed by atoms with van der Waals surface area (Å²) in [5.74, 6) is 1.53. The molecule has 176 valence electrons. The number of benzene rings is 1. The Morgan fingerprint density at radius 2 is 1.72 bits per heavy atom. The lowest BCUT2D eigenvalue weighted by Gasteiger charge is -2.38. The number of halogens is 1. The van der Waals surface area contributed by atoms with E-state index in [1.54, 1.807) is 39.4 Å². The number of pyridine rings is 1. The van der Waals surface area contributed by atoms with Crippen LogP contribution in [0.3, 0.4) is 0 Å². The van der Waals surface area contributed by atoms with Gasteiger partial charge in [-0.1, -0.05) is 6.92 Å². The number of carbonyl (C=O) groups is 1. The molecule has 0 spiro atoms.